The quantitative estimate of drug-likeness (QED) is 0.743. The summed E-state index contributed by atoms with van der Waals surface area (Å²) >= 11 is 0. The Morgan fingerprint density at radius 2 is 2.11 bits per heavy atom. The van der Waals surface area contributed by atoms with Crippen LogP contribution in [0.2, 0.25) is 0 Å². The Labute approximate surface area is 112 Å². The fraction of sp³-hybridized carbons (Fsp3) is 0.429. The van der Waals surface area contributed by atoms with Crippen molar-refractivity contribution in [1.29, 1.82) is 0 Å². The Balaban J connectivity index is 2.13. The van der Waals surface area contributed by atoms with E-state index in [2.05, 4.69) is 5.32 Å². The molecule has 0 atom stereocenters. The first-order valence-corrected chi connectivity index (χ1v) is 6.26. The molecule has 1 rings (SSSR count). The van der Waals surface area contributed by atoms with Gasteiger partial charge in [-0.15, -0.1) is 0 Å². The number of nitrogens with one attached hydrogen (secondary N) is 1. The topological polar surface area (TPSA) is 75.6 Å². The van der Waals surface area contributed by atoms with E-state index in [4.69, 9.17) is 9.84 Å². The van der Waals surface area contributed by atoms with Crippen LogP contribution in [-0.2, 0) is 16.1 Å². The van der Waals surface area contributed by atoms with Gasteiger partial charge in [-0.1, -0.05) is 29.8 Å². The van der Waals surface area contributed by atoms with Crippen LogP contribution < -0.4 is 5.32 Å². The van der Waals surface area contributed by atoms with Crippen molar-refractivity contribution < 1.29 is 19.4 Å². The molecular weight excluding hydrogens is 246 g/mol. The summed E-state index contributed by atoms with van der Waals surface area (Å²) in [6.07, 6.45) is 0.704. The number of alkyl carbamates (subject to hydrolysis) is 1. The van der Waals surface area contributed by atoms with Crippen molar-refractivity contribution >= 4 is 12.1 Å². The van der Waals surface area contributed by atoms with E-state index in [9.17, 15) is 9.59 Å². The number of ether oxygens (including phenoxy) is 1. The predicted octanol–water partition coefficient (Wildman–Crippen LogP) is 2.48. The lowest BCUT2D eigenvalue weighted by Crippen LogP contribution is -2.24. The van der Waals surface area contributed by atoms with Gasteiger partial charge in [0.25, 0.3) is 0 Å². The zero-order valence-electron chi connectivity index (χ0n) is 11.0. The lowest BCUT2D eigenvalue weighted by Gasteiger charge is -2.07. The van der Waals surface area contributed by atoms with E-state index in [1.807, 2.05) is 31.2 Å². The zero-order chi connectivity index (χ0) is 14.1. The summed E-state index contributed by atoms with van der Waals surface area (Å²) in [5.41, 5.74) is 2.16. The number of hydrogen-bond acceptors (Lipinski definition) is 3. The van der Waals surface area contributed by atoms with Crippen molar-refractivity contribution in [1.82, 2.24) is 5.32 Å². The van der Waals surface area contributed by atoms with Crippen molar-refractivity contribution in [2.75, 3.05) is 6.61 Å². The highest BCUT2D eigenvalue weighted by Gasteiger charge is 2.02. The van der Waals surface area contributed by atoms with E-state index in [1.165, 1.54) is 0 Å². The van der Waals surface area contributed by atoms with Gasteiger partial charge in [0.15, 0.2) is 0 Å². The van der Waals surface area contributed by atoms with Crippen LogP contribution in [0.15, 0.2) is 24.3 Å². The second-order valence-electron chi connectivity index (χ2n) is 4.33. The molecule has 0 spiro atoms. The molecule has 0 radical (unpaired) electrons. The molecule has 5 heteroatoms. The minimum absolute atomic E-state index is 0.105. The molecule has 0 saturated heterocycles. The summed E-state index contributed by atoms with van der Waals surface area (Å²) in [7, 11) is 0. The van der Waals surface area contributed by atoms with E-state index >= 15 is 0 Å². The van der Waals surface area contributed by atoms with Crippen molar-refractivity contribution in [2.24, 2.45) is 0 Å². The van der Waals surface area contributed by atoms with E-state index in [-0.39, 0.29) is 13.0 Å². The first-order valence-electron chi connectivity index (χ1n) is 6.26. The van der Waals surface area contributed by atoms with Gasteiger partial charge in [0.2, 0.25) is 0 Å². The normalized spacial score (nSPS) is 9.95. The molecule has 0 aliphatic heterocycles. The first kappa shape index (κ1) is 15.0. The molecule has 0 unspecified atom stereocenters. The van der Waals surface area contributed by atoms with E-state index in [0.29, 0.717) is 19.4 Å². The maximum Gasteiger partial charge on any atom is 0.407 e. The zero-order valence-corrected chi connectivity index (χ0v) is 11.0. The third-order valence-electron chi connectivity index (χ3n) is 2.54. The number of carbonyl (C=O) groups excluding carboxylic acids is 1. The summed E-state index contributed by atoms with van der Waals surface area (Å²) in [4.78, 5) is 21.6. The van der Waals surface area contributed by atoms with Crippen LogP contribution in [0, 0.1) is 6.92 Å². The Bertz CT molecular complexity index is 431. The second-order valence-corrected chi connectivity index (χ2v) is 4.33. The number of carbonyl (C=O) groups is 2. The molecule has 19 heavy (non-hydrogen) atoms. The summed E-state index contributed by atoms with van der Waals surface area (Å²) in [5, 5.41) is 11.1. The molecule has 2 N–H and O–H groups in total. The van der Waals surface area contributed by atoms with Gasteiger partial charge in [-0.3, -0.25) is 4.79 Å². The van der Waals surface area contributed by atoms with Gasteiger partial charge in [-0.25, -0.2) is 4.79 Å². The molecule has 1 aromatic carbocycles. The molecular formula is C14H19NO4. The van der Waals surface area contributed by atoms with Crippen LogP contribution in [0.5, 0.6) is 0 Å². The number of rotatable bonds is 7. The summed E-state index contributed by atoms with van der Waals surface area (Å²) in [5.74, 6) is -0.830. The van der Waals surface area contributed by atoms with Crippen LogP contribution in [0.3, 0.4) is 0 Å². The average Bonchev–Trinajstić information content (AvgIpc) is 2.35. The molecule has 5 nitrogen and oxygen atoms in total. The number of amides is 1. The highest BCUT2D eigenvalue weighted by Crippen LogP contribution is 2.03. The van der Waals surface area contributed by atoms with Crippen molar-refractivity contribution in [3.8, 4) is 0 Å². The van der Waals surface area contributed by atoms with Gasteiger partial charge in [0.1, 0.15) is 0 Å². The smallest absolute Gasteiger partial charge is 0.407 e. The number of unbranched alkanes of at least 4 members (excludes halogenated alkanes) is 1. The van der Waals surface area contributed by atoms with Gasteiger partial charge >= 0.3 is 12.1 Å². The molecule has 1 aromatic rings. The van der Waals surface area contributed by atoms with Crippen LogP contribution in [-0.4, -0.2) is 23.8 Å². The number of aliphatic carboxylic acids is 1. The van der Waals surface area contributed by atoms with E-state index in [1.54, 1.807) is 0 Å². The SMILES string of the molecule is Cc1cccc(CNC(=O)OCCCCC(=O)O)c1. The monoisotopic (exact) mass is 265 g/mol. The largest absolute Gasteiger partial charge is 0.481 e. The average molecular weight is 265 g/mol. The summed E-state index contributed by atoms with van der Waals surface area (Å²) in [6, 6.07) is 7.85. The highest BCUT2D eigenvalue weighted by molar-refractivity contribution is 5.67. The third-order valence-corrected chi connectivity index (χ3v) is 2.54. The second kappa shape index (κ2) is 8.13. The molecule has 1 amide bonds. The number of aryl methyl sites for hydroxylation is 1. The molecule has 0 bridgehead atoms. The molecule has 104 valence electrons. The molecule has 0 aliphatic carbocycles. The van der Waals surface area contributed by atoms with E-state index < -0.39 is 12.1 Å². The molecule has 0 fully saturated rings. The lowest BCUT2D eigenvalue weighted by molar-refractivity contribution is -0.137. The third kappa shape index (κ3) is 7.08. The maximum atomic E-state index is 11.3. The van der Waals surface area contributed by atoms with Crippen LogP contribution >= 0.6 is 0 Å². The van der Waals surface area contributed by atoms with Crippen molar-refractivity contribution in [2.45, 2.75) is 32.7 Å². The Hall–Kier alpha value is -2.04. The van der Waals surface area contributed by atoms with Crippen molar-refractivity contribution in [3.63, 3.8) is 0 Å². The van der Waals surface area contributed by atoms with E-state index in [0.717, 1.165) is 11.1 Å². The van der Waals surface area contributed by atoms with Crippen LogP contribution in [0.1, 0.15) is 30.4 Å². The number of benzene rings is 1. The van der Waals surface area contributed by atoms with Crippen molar-refractivity contribution in [3.05, 3.63) is 35.4 Å². The van der Waals surface area contributed by atoms with Crippen LogP contribution in [0.25, 0.3) is 0 Å². The van der Waals surface area contributed by atoms with Gasteiger partial charge in [-0.2, -0.15) is 0 Å². The summed E-state index contributed by atoms with van der Waals surface area (Å²) < 4.78 is 4.93. The Kier molecular flexibility index (Phi) is 6.43. The van der Waals surface area contributed by atoms with Gasteiger partial charge in [-0.05, 0) is 25.3 Å². The standard InChI is InChI=1S/C14H19NO4/c1-11-5-4-6-12(9-11)10-15-14(18)19-8-3-2-7-13(16)17/h4-6,9H,2-3,7-8,10H2,1H3,(H,15,18)(H,16,17). The van der Waals surface area contributed by atoms with Gasteiger partial charge in [0, 0.05) is 13.0 Å². The molecule has 0 aliphatic rings. The Morgan fingerprint density at radius 3 is 2.79 bits per heavy atom. The lowest BCUT2D eigenvalue weighted by atomic mass is 10.1. The minimum atomic E-state index is -0.830. The first-order chi connectivity index (χ1) is 9.08. The highest BCUT2D eigenvalue weighted by atomic mass is 16.5. The van der Waals surface area contributed by atoms with Gasteiger partial charge in [0.05, 0.1) is 6.61 Å². The van der Waals surface area contributed by atoms with Crippen LogP contribution in [0.4, 0.5) is 4.79 Å². The number of carboxylic acids is 1. The summed E-state index contributed by atoms with van der Waals surface area (Å²) in [6.45, 7) is 2.66. The fourth-order valence-electron chi connectivity index (χ4n) is 1.59. The maximum absolute atomic E-state index is 11.3. The number of hydrogen-bond donors (Lipinski definition) is 2. The minimum Gasteiger partial charge on any atom is -0.481 e. The molecule has 0 aromatic heterocycles. The molecule has 0 saturated carbocycles. The fourth-order valence-corrected chi connectivity index (χ4v) is 1.59. The predicted molar refractivity (Wildman–Crippen MR) is 70.9 cm³/mol. The molecule has 0 heterocycles. The Morgan fingerprint density at radius 1 is 1.32 bits per heavy atom. The number of carboxylic acid groups (broad SMARTS) is 1. The van der Waals surface area contributed by atoms with Gasteiger partial charge < -0.3 is 15.2 Å².